The lowest BCUT2D eigenvalue weighted by molar-refractivity contribution is -0.152. The molecule has 0 bridgehead atoms. The van der Waals surface area contributed by atoms with E-state index in [1.165, 1.54) is 5.56 Å². The van der Waals surface area contributed by atoms with Gasteiger partial charge in [0.25, 0.3) is 0 Å². The molecule has 2 heterocycles. The third kappa shape index (κ3) is 2.99. The van der Waals surface area contributed by atoms with Crippen LogP contribution in [0.2, 0.25) is 0 Å². The van der Waals surface area contributed by atoms with Crippen molar-refractivity contribution in [2.75, 3.05) is 13.1 Å². The first-order valence-electron chi connectivity index (χ1n) is 7.83. The summed E-state index contributed by atoms with van der Waals surface area (Å²) >= 11 is 0. The van der Waals surface area contributed by atoms with Gasteiger partial charge in [0.05, 0.1) is 11.1 Å². The van der Waals surface area contributed by atoms with Gasteiger partial charge in [0, 0.05) is 19.4 Å². The Bertz CT molecular complexity index is 574. The predicted octanol–water partition coefficient (Wildman–Crippen LogP) is 2.33. The van der Waals surface area contributed by atoms with Gasteiger partial charge in [-0.05, 0) is 31.9 Å². The predicted molar refractivity (Wildman–Crippen MR) is 84.0 cm³/mol. The van der Waals surface area contributed by atoms with Crippen LogP contribution >= 0.6 is 0 Å². The Labute approximate surface area is 130 Å². The van der Waals surface area contributed by atoms with Gasteiger partial charge >= 0.3 is 5.97 Å². The molecule has 118 valence electrons. The van der Waals surface area contributed by atoms with Crippen molar-refractivity contribution in [2.45, 2.75) is 38.7 Å². The summed E-state index contributed by atoms with van der Waals surface area (Å²) in [5.41, 5.74) is 2.45. The fraction of sp³-hybridized carbons (Fsp3) is 0.529. The molecule has 5 heteroatoms. The molecule has 1 fully saturated rings. The van der Waals surface area contributed by atoms with Crippen molar-refractivity contribution in [3.05, 3.63) is 35.4 Å². The van der Waals surface area contributed by atoms with E-state index in [4.69, 9.17) is 4.84 Å². The monoisotopic (exact) mass is 302 g/mol. The minimum absolute atomic E-state index is 0.146. The Balaban J connectivity index is 1.66. The van der Waals surface area contributed by atoms with Crippen LogP contribution in [0.15, 0.2) is 29.4 Å². The summed E-state index contributed by atoms with van der Waals surface area (Å²) in [5, 5.41) is 17.0. The summed E-state index contributed by atoms with van der Waals surface area (Å²) in [6.45, 7) is 3.46. The Hall–Kier alpha value is -1.88. The number of hydrogen-bond acceptors (Lipinski definition) is 4. The van der Waals surface area contributed by atoms with Gasteiger partial charge < -0.3 is 15.3 Å². The minimum Gasteiger partial charge on any atom is -0.481 e. The standard InChI is InChI=1S/C17H22N2O3/c1-12-3-5-13(6-4-12)15-9-14(22-19-15)10-17(16(20)21)7-2-8-18-11-17/h3-6,14,18H,2,7-11H2,1H3,(H,20,21). The molecule has 0 spiro atoms. The highest BCUT2D eigenvalue weighted by atomic mass is 16.6. The summed E-state index contributed by atoms with van der Waals surface area (Å²) in [6, 6.07) is 8.17. The highest BCUT2D eigenvalue weighted by Gasteiger charge is 2.43. The maximum Gasteiger partial charge on any atom is 0.311 e. The molecule has 0 amide bonds. The van der Waals surface area contributed by atoms with Gasteiger partial charge in [-0.15, -0.1) is 0 Å². The number of nitrogens with one attached hydrogen (secondary N) is 1. The van der Waals surface area contributed by atoms with Crippen LogP contribution < -0.4 is 5.32 Å². The van der Waals surface area contributed by atoms with E-state index < -0.39 is 11.4 Å². The molecule has 1 aromatic carbocycles. The Morgan fingerprint density at radius 3 is 2.86 bits per heavy atom. The summed E-state index contributed by atoms with van der Waals surface area (Å²) in [7, 11) is 0. The number of carboxylic acid groups (broad SMARTS) is 1. The van der Waals surface area contributed by atoms with Gasteiger partial charge in [-0.25, -0.2) is 0 Å². The van der Waals surface area contributed by atoms with E-state index in [-0.39, 0.29) is 6.10 Å². The van der Waals surface area contributed by atoms with Crippen LogP contribution in [0.4, 0.5) is 0 Å². The summed E-state index contributed by atoms with van der Waals surface area (Å²) in [4.78, 5) is 17.2. The molecule has 2 unspecified atom stereocenters. The minimum atomic E-state index is -0.730. The van der Waals surface area contributed by atoms with Crippen LogP contribution in [0, 0.1) is 12.3 Å². The highest BCUT2D eigenvalue weighted by molar-refractivity contribution is 6.01. The van der Waals surface area contributed by atoms with Crippen LogP contribution in [0.3, 0.4) is 0 Å². The van der Waals surface area contributed by atoms with Crippen LogP contribution in [0.25, 0.3) is 0 Å². The third-order valence-corrected chi connectivity index (χ3v) is 4.66. The molecule has 5 nitrogen and oxygen atoms in total. The lowest BCUT2D eigenvalue weighted by Gasteiger charge is -2.34. The van der Waals surface area contributed by atoms with E-state index >= 15 is 0 Å². The van der Waals surface area contributed by atoms with Gasteiger partial charge in [-0.1, -0.05) is 35.0 Å². The average molecular weight is 302 g/mol. The number of carbonyl (C=O) groups is 1. The molecule has 3 rings (SSSR count). The maximum atomic E-state index is 11.7. The highest BCUT2D eigenvalue weighted by Crippen LogP contribution is 2.35. The Kier molecular flexibility index (Phi) is 4.16. The van der Waals surface area contributed by atoms with E-state index in [2.05, 4.69) is 22.6 Å². The lowest BCUT2D eigenvalue weighted by atomic mass is 9.75. The molecule has 2 atom stereocenters. The zero-order valence-electron chi connectivity index (χ0n) is 12.8. The fourth-order valence-corrected chi connectivity index (χ4v) is 3.30. The number of piperidine rings is 1. The van der Waals surface area contributed by atoms with Crippen molar-refractivity contribution in [3.63, 3.8) is 0 Å². The number of hydrogen-bond donors (Lipinski definition) is 2. The van der Waals surface area contributed by atoms with Gasteiger partial charge in [-0.3, -0.25) is 4.79 Å². The lowest BCUT2D eigenvalue weighted by Crippen LogP contribution is -2.47. The molecular formula is C17H22N2O3. The molecule has 22 heavy (non-hydrogen) atoms. The molecule has 2 aliphatic heterocycles. The first kappa shape index (κ1) is 15.0. The number of benzene rings is 1. The van der Waals surface area contributed by atoms with Gasteiger partial charge in [-0.2, -0.15) is 0 Å². The molecule has 1 saturated heterocycles. The second-order valence-electron chi connectivity index (χ2n) is 6.41. The SMILES string of the molecule is Cc1ccc(C2=NOC(CC3(C(=O)O)CCCNC3)C2)cc1. The van der Waals surface area contributed by atoms with Crippen LogP contribution in [0.5, 0.6) is 0 Å². The van der Waals surface area contributed by atoms with E-state index in [1.54, 1.807) is 0 Å². The Morgan fingerprint density at radius 1 is 1.45 bits per heavy atom. The molecule has 0 saturated carbocycles. The zero-order valence-corrected chi connectivity index (χ0v) is 12.8. The largest absolute Gasteiger partial charge is 0.481 e. The van der Waals surface area contributed by atoms with E-state index in [9.17, 15) is 9.90 Å². The normalized spacial score (nSPS) is 28.0. The summed E-state index contributed by atoms with van der Waals surface area (Å²) < 4.78 is 0. The zero-order chi connectivity index (χ0) is 15.6. The van der Waals surface area contributed by atoms with Crippen molar-refractivity contribution < 1.29 is 14.7 Å². The maximum absolute atomic E-state index is 11.7. The average Bonchev–Trinajstić information content (AvgIpc) is 2.97. The van der Waals surface area contributed by atoms with E-state index in [0.717, 1.165) is 24.2 Å². The number of aryl methyl sites for hydroxylation is 1. The van der Waals surface area contributed by atoms with E-state index in [0.29, 0.717) is 25.8 Å². The van der Waals surface area contributed by atoms with Crippen LogP contribution in [-0.4, -0.2) is 36.0 Å². The molecule has 0 aliphatic carbocycles. The van der Waals surface area contributed by atoms with Crippen LogP contribution in [0.1, 0.15) is 36.8 Å². The molecule has 2 N–H and O–H groups in total. The summed E-state index contributed by atoms with van der Waals surface area (Å²) in [5.74, 6) is -0.730. The van der Waals surface area contributed by atoms with Crippen LogP contribution in [-0.2, 0) is 9.63 Å². The van der Waals surface area contributed by atoms with Crippen molar-refractivity contribution in [1.29, 1.82) is 0 Å². The number of carboxylic acids is 1. The molecule has 1 aromatic rings. The third-order valence-electron chi connectivity index (χ3n) is 4.66. The quantitative estimate of drug-likeness (QED) is 0.895. The first-order chi connectivity index (χ1) is 10.6. The molecular weight excluding hydrogens is 280 g/mol. The number of nitrogens with zero attached hydrogens (tertiary/aromatic N) is 1. The molecule has 2 aliphatic rings. The number of aliphatic carboxylic acids is 1. The topological polar surface area (TPSA) is 70.9 Å². The fourth-order valence-electron chi connectivity index (χ4n) is 3.30. The second-order valence-corrected chi connectivity index (χ2v) is 6.41. The number of oxime groups is 1. The molecule has 0 aromatic heterocycles. The van der Waals surface area contributed by atoms with Crippen molar-refractivity contribution in [3.8, 4) is 0 Å². The number of rotatable bonds is 4. The van der Waals surface area contributed by atoms with Gasteiger partial charge in [0.1, 0.15) is 6.10 Å². The van der Waals surface area contributed by atoms with Crippen molar-refractivity contribution in [1.82, 2.24) is 5.32 Å². The smallest absolute Gasteiger partial charge is 0.311 e. The van der Waals surface area contributed by atoms with Crippen molar-refractivity contribution in [2.24, 2.45) is 10.6 Å². The Morgan fingerprint density at radius 2 is 2.23 bits per heavy atom. The second kappa shape index (κ2) is 6.08. The van der Waals surface area contributed by atoms with Gasteiger partial charge in [0.15, 0.2) is 0 Å². The van der Waals surface area contributed by atoms with Crippen molar-refractivity contribution >= 4 is 11.7 Å². The summed E-state index contributed by atoms with van der Waals surface area (Å²) in [6.07, 6.45) is 2.64. The van der Waals surface area contributed by atoms with Gasteiger partial charge in [0.2, 0.25) is 0 Å². The first-order valence-corrected chi connectivity index (χ1v) is 7.83. The van der Waals surface area contributed by atoms with E-state index in [1.807, 2.05) is 19.1 Å². The molecule has 0 radical (unpaired) electrons.